The largest absolute Gasteiger partial charge is 0.409 e. The van der Waals surface area contributed by atoms with Crippen molar-refractivity contribution in [3.05, 3.63) is 23.4 Å². The molecule has 1 fully saturated rings. The highest BCUT2D eigenvalue weighted by Crippen LogP contribution is 2.36. The summed E-state index contributed by atoms with van der Waals surface area (Å²) in [4.78, 5) is 4.55. The molecule has 1 aliphatic rings. The topological polar surface area (TPSA) is 71.5 Å². The molecule has 104 valence electrons. The van der Waals surface area contributed by atoms with E-state index in [9.17, 15) is 0 Å². The highest BCUT2D eigenvalue weighted by atomic mass is 32.2. The Hall–Kier alpha value is -1.23. The van der Waals surface area contributed by atoms with Gasteiger partial charge in [0.05, 0.1) is 5.56 Å². The van der Waals surface area contributed by atoms with E-state index in [4.69, 9.17) is 10.9 Å². The van der Waals surface area contributed by atoms with E-state index in [1.165, 1.54) is 25.7 Å². The van der Waals surface area contributed by atoms with Crippen molar-refractivity contribution in [2.75, 3.05) is 0 Å². The summed E-state index contributed by atoms with van der Waals surface area (Å²) in [7, 11) is 0. The molecule has 3 N–H and O–H groups in total. The molecule has 5 heteroatoms. The van der Waals surface area contributed by atoms with Crippen molar-refractivity contribution < 1.29 is 5.21 Å². The Morgan fingerprint density at radius 3 is 2.95 bits per heavy atom. The van der Waals surface area contributed by atoms with Crippen molar-refractivity contribution in [3.8, 4) is 0 Å². The molecule has 1 aromatic rings. The number of pyridine rings is 1. The van der Waals surface area contributed by atoms with Crippen LogP contribution in [-0.2, 0) is 0 Å². The van der Waals surface area contributed by atoms with Gasteiger partial charge in [0, 0.05) is 10.9 Å². The highest BCUT2D eigenvalue weighted by molar-refractivity contribution is 7.99. The Balaban J connectivity index is 2.20. The maximum Gasteiger partial charge on any atom is 0.172 e. The molecule has 19 heavy (non-hydrogen) atoms. The zero-order valence-electron chi connectivity index (χ0n) is 11.5. The Morgan fingerprint density at radius 1 is 1.47 bits per heavy atom. The summed E-state index contributed by atoms with van der Waals surface area (Å²) in [5.74, 6) is 0.919. The Bertz CT molecular complexity index is 476. The van der Waals surface area contributed by atoms with Gasteiger partial charge in [-0.15, -0.1) is 11.8 Å². The molecule has 0 aromatic carbocycles. The molecule has 0 aliphatic heterocycles. The molecule has 0 spiro atoms. The number of amidine groups is 1. The number of nitrogens with zero attached hydrogens (tertiary/aromatic N) is 2. The van der Waals surface area contributed by atoms with E-state index < -0.39 is 0 Å². The van der Waals surface area contributed by atoms with Crippen LogP contribution in [0.5, 0.6) is 0 Å². The van der Waals surface area contributed by atoms with Crippen molar-refractivity contribution in [2.24, 2.45) is 16.8 Å². The lowest BCUT2D eigenvalue weighted by Crippen LogP contribution is -2.18. The van der Waals surface area contributed by atoms with E-state index >= 15 is 0 Å². The molecule has 2 unspecified atom stereocenters. The standard InChI is InChI=1S/C14H21N3OS/c1-9-4-3-5-11(8-9)19-14-12(13(15)17-18)7-6-10(2)16-14/h6-7,9,11,18H,3-5,8H2,1-2H3,(H2,15,17). The van der Waals surface area contributed by atoms with Crippen LogP contribution in [0.1, 0.15) is 43.9 Å². The molecule has 0 saturated heterocycles. The molecular formula is C14H21N3OS. The number of nitrogens with two attached hydrogens (primary N) is 1. The summed E-state index contributed by atoms with van der Waals surface area (Å²) in [6, 6.07) is 3.77. The average molecular weight is 279 g/mol. The Labute approximate surface area is 118 Å². The van der Waals surface area contributed by atoms with Crippen LogP contribution in [0.2, 0.25) is 0 Å². The second-order valence-electron chi connectivity index (χ2n) is 5.30. The van der Waals surface area contributed by atoms with Crippen molar-refractivity contribution in [1.82, 2.24) is 4.98 Å². The van der Waals surface area contributed by atoms with Crippen LogP contribution in [0.15, 0.2) is 22.3 Å². The molecule has 4 nitrogen and oxygen atoms in total. The number of hydrogen-bond acceptors (Lipinski definition) is 4. The van der Waals surface area contributed by atoms with Gasteiger partial charge in [-0.3, -0.25) is 0 Å². The lowest BCUT2D eigenvalue weighted by Gasteiger charge is -2.26. The third-order valence-corrected chi connectivity index (χ3v) is 4.85. The van der Waals surface area contributed by atoms with E-state index in [1.54, 1.807) is 11.8 Å². The predicted octanol–water partition coefficient (Wildman–Crippen LogP) is 3.16. The molecule has 2 rings (SSSR count). The summed E-state index contributed by atoms with van der Waals surface area (Å²) in [5.41, 5.74) is 7.42. The minimum absolute atomic E-state index is 0.138. The van der Waals surface area contributed by atoms with Crippen LogP contribution in [-0.4, -0.2) is 21.3 Å². The van der Waals surface area contributed by atoms with Gasteiger partial charge in [0.2, 0.25) is 0 Å². The lowest BCUT2D eigenvalue weighted by molar-refractivity contribution is 0.318. The summed E-state index contributed by atoms with van der Waals surface area (Å²) in [6.07, 6.45) is 5.05. The van der Waals surface area contributed by atoms with Crippen molar-refractivity contribution >= 4 is 17.6 Å². The lowest BCUT2D eigenvalue weighted by atomic mass is 9.91. The smallest absolute Gasteiger partial charge is 0.172 e. The van der Waals surface area contributed by atoms with Crippen LogP contribution < -0.4 is 5.73 Å². The van der Waals surface area contributed by atoms with E-state index in [-0.39, 0.29) is 5.84 Å². The van der Waals surface area contributed by atoms with Crippen LogP contribution in [0, 0.1) is 12.8 Å². The van der Waals surface area contributed by atoms with Crippen LogP contribution in [0.25, 0.3) is 0 Å². The first-order valence-electron chi connectivity index (χ1n) is 6.72. The molecule has 1 saturated carbocycles. The summed E-state index contributed by atoms with van der Waals surface area (Å²) in [6.45, 7) is 4.27. The molecule has 0 radical (unpaired) electrons. The summed E-state index contributed by atoms with van der Waals surface area (Å²) in [5, 5.41) is 13.4. The molecule has 2 atom stereocenters. The van der Waals surface area contributed by atoms with Gasteiger partial charge in [0.25, 0.3) is 0 Å². The minimum Gasteiger partial charge on any atom is -0.409 e. The van der Waals surface area contributed by atoms with Crippen LogP contribution >= 0.6 is 11.8 Å². The summed E-state index contributed by atoms with van der Waals surface area (Å²) < 4.78 is 0. The fourth-order valence-corrected chi connectivity index (χ4v) is 4.04. The van der Waals surface area contributed by atoms with Crippen molar-refractivity contribution in [3.63, 3.8) is 0 Å². The second-order valence-corrected chi connectivity index (χ2v) is 6.59. The number of rotatable bonds is 3. The average Bonchev–Trinajstić information content (AvgIpc) is 2.38. The third kappa shape index (κ3) is 3.62. The Morgan fingerprint density at radius 2 is 2.26 bits per heavy atom. The molecule has 0 bridgehead atoms. The van der Waals surface area contributed by atoms with Gasteiger partial charge >= 0.3 is 0 Å². The first-order chi connectivity index (χ1) is 9.10. The quantitative estimate of drug-likeness (QED) is 0.386. The van der Waals surface area contributed by atoms with Gasteiger partial charge in [-0.25, -0.2) is 4.98 Å². The number of aryl methyl sites for hydroxylation is 1. The highest BCUT2D eigenvalue weighted by Gasteiger charge is 2.22. The first kappa shape index (κ1) is 14.2. The van der Waals surface area contributed by atoms with Crippen LogP contribution in [0.3, 0.4) is 0 Å². The van der Waals surface area contributed by atoms with E-state index in [0.29, 0.717) is 5.25 Å². The van der Waals surface area contributed by atoms with Gasteiger partial charge in [0.15, 0.2) is 5.84 Å². The normalized spacial score (nSPS) is 24.4. The molecule has 1 aromatic heterocycles. The zero-order valence-corrected chi connectivity index (χ0v) is 12.3. The van der Waals surface area contributed by atoms with E-state index in [1.807, 2.05) is 19.1 Å². The second kappa shape index (κ2) is 6.28. The van der Waals surface area contributed by atoms with Crippen molar-refractivity contribution in [1.29, 1.82) is 0 Å². The van der Waals surface area contributed by atoms with Gasteiger partial charge in [0.1, 0.15) is 5.03 Å². The maximum absolute atomic E-state index is 8.86. The molecule has 0 amide bonds. The van der Waals surface area contributed by atoms with Gasteiger partial charge in [-0.05, 0) is 37.8 Å². The third-order valence-electron chi connectivity index (χ3n) is 3.55. The first-order valence-corrected chi connectivity index (χ1v) is 7.60. The number of aromatic nitrogens is 1. The number of hydrogen-bond donors (Lipinski definition) is 2. The van der Waals surface area contributed by atoms with Crippen LogP contribution in [0.4, 0.5) is 0 Å². The zero-order chi connectivity index (χ0) is 13.8. The van der Waals surface area contributed by atoms with Gasteiger partial charge in [-0.1, -0.05) is 24.9 Å². The summed E-state index contributed by atoms with van der Waals surface area (Å²) >= 11 is 1.77. The fraction of sp³-hybridized carbons (Fsp3) is 0.571. The molecule has 1 aliphatic carbocycles. The predicted molar refractivity (Wildman–Crippen MR) is 78.8 cm³/mol. The van der Waals surface area contributed by atoms with E-state index in [0.717, 1.165) is 22.2 Å². The van der Waals surface area contributed by atoms with Gasteiger partial charge in [-0.2, -0.15) is 0 Å². The monoisotopic (exact) mass is 279 g/mol. The van der Waals surface area contributed by atoms with Crippen molar-refractivity contribution in [2.45, 2.75) is 49.8 Å². The SMILES string of the molecule is Cc1ccc(C(N)=NO)c(SC2CCCC(C)C2)n1. The fourth-order valence-electron chi connectivity index (χ4n) is 2.51. The number of oxime groups is 1. The molecule has 1 heterocycles. The minimum atomic E-state index is 0.138. The van der Waals surface area contributed by atoms with Gasteiger partial charge < -0.3 is 10.9 Å². The maximum atomic E-state index is 8.86. The Kier molecular flexibility index (Phi) is 4.69. The molecular weight excluding hydrogens is 258 g/mol. The number of thioether (sulfide) groups is 1. The van der Waals surface area contributed by atoms with E-state index in [2.05, 4.69) is 17.1 Å².